The van der Waals surface area contributed by atoms with Crippen LogP contribution in [0.1, 0.15) is 18.4 Å². The van der Waals surface area contributed by atoms with Gasteiger partial charge >= 0.3 is 0 Å². The van der Waals surface area contributed by atoms with Crippen LogP contribution in [0, 0.1) is 5.92 Å². The second kappa shape index (κ2) is 6.75. The average molecular weight is 350 g/mol. The third-order valence-electron chi connectivity index (χ3n) is 4.74. The van der Waals surface area contributed by atoms with E-state index in [-0.39, 0.29) is 18.1 Å². The third-order valence-corrected chi connectivity index (χ3v) is 4.97. The van der Waals surface area contributed by atoms with Crippen molar-refractivity contribution < 1.29 is 19.0 Å². The van der Waals surface area contributed by atoms with E-state index in [0.29, 0.717) is 37.0 Å². The Balaban J connectivity index is 1.49. The van der Waals surface area contributed by atoms with Crippen LogP contribution in [0.25, 0.3) is 6.08 Å². The first kappa shape index (κ1) is 15.9. The molecule has 0 spiro atoms. The van der Waals surface area contributed by atoms with Gasteiger partial charge in [0, 0.05) is 29.6 Å². The highest BCUT2D eigenvalue weighted by molar-refractivity contribution is 6.30. The summed E-state index contributed by atoms with van der Waals surface area (Å²) in [6.45, 7) is 3.02. The van der Waals surface area contributed by atoms with Gasteiger partial charge in [-0.25, -0.2) is 0 Å². The van der Waals surface area contributed by atoms with E-state index in [4.69, 9.17) is 25.8 Å². The number of amides is 1. The predicted octanol–water partition coefficient (Wildman–Crippen LogP) is 2.73. The van der Waals surface area contributed by atoms with E-state index in [9.17, 15) is 4.79 Å². The molecule has 0 bridgehead atoms. The molecule has 6 heteroatoms. The van der Waals surface area contributed by atoms with Crippen molar-refractivity contribution in [2.45, 2.75) is 19.1 Å². The van der Waals surface area contributed by atoms with Crippen LogP contribution in [0.2, 0.25) is 5.02 Å². The van der Waals surface area contributed by atoms with Gasteiger partial charge in [0.2, 0.25) is 0 Å². The zero-order valence-electron chi connectivity index (χ0n) is 13.4. The molecule has 2 saturated heterocycles. The fourth-order valence-electron chi connectivity index (χ4n) is 3.54. The molecule has 1 aromatic rings. The fraction of sp³-hybridized carbons (Fsp3) is 0.500. The number of ether oxygens (including phenoxy) is 3. The SMILES string of the molecule is O=C(C1=Cc2cc(Cl)ccc2OC1)N1CCCC(C2OCCO2)C1. The first-order valence-corrected chi connectivity index (χ1v) is 8.74. The standard InChI is InChI=1S/C18H20ClNO4/c19-15-3-4-16-13(9-15)8-14(11-24-16)17(21)20-5-1-2-12(10-20)18-22-6-7-23-18/h3-4,8-9,12,18H,1-2,5-7,10-11H2. The Morgan fingerprint density at radius 1 is 1.25 bits per heavy atom. The van der Waals surface area contributed by atoms with Gasteiger partial charge in [0.1, 0.15) is 12.4 Å². The van der Waals surface area contributed by atoms with E-state index < -0.39 is 0 Å². The maximum absolute atomic E-state index is 12.9. The fourth-order valence-corrected chi connectivity index (χ4v) is 3.72. The molecule has 3 aliphatic rings. The van der Waals surface area contributed by atoms with E-state index in [0.717, 1.165) is 30.7 Å². The molecule has 0 aliphatic carbocycles. The van der Waals surface area contributed by atoms with Gasteiger partial charge < -0.3 is 19.1 Å². The van der Waals surface area contributed by atoms with Gasteiger partial charge in [0.05, 0.1) is 18.8 Å². The smallest absolute Gasteiger partial charge is 0.253 e. The molecule has 1 aromatic carbocycles. The maximum Gasteiger partial charge on any atom is 0.253 e. The predicted molar refractivity (Wildman–Crippen MR) is 89.9 cm³/mol. The number of benzene rings is 1. The van der Waals surface area contributed by atoms with Crippen LogP contribution in [-0.4, -0.2) is 50.0 Å². The number of fused-ring (bicyclic) bond motifs is 1. The number of halogens is 1. The molecular formula is C18H20ClNO4. The third kappa shape index (κ3) is 3.16. The van der Waals surface area contributed by atoms with Gasteiger partial charge in [0.15, 0.2) is 6.29 Å². The second-order valence-electron chi connectivity index (χ2n) is 6.40. The summed E-state index contributed by atoms with van der Waals surface area (Å²) in [7, 11) is 0. The minimum absolute atomic E-state index is 0.0309. The molecule has 0 aromatic heterocycles. The van der Waals surface area contributed by atoms with Crippen LogP contribution in [0.15, 0.2) is 23.8 Å². The van der Waals surface area contributed by atoms with Crippen LogP contribution in [-0.2, 0) is 14.3 Å². The van der Waals surface area contributed by atoms with Crippen LogP contribution < -0.4 is 4.74 Å². The summed E-state index contributed by atoms with van der Waals surface area (Å²) in [5.74, 6) is 1.04. The number of rotatable bonds is 2. The first-order chi connectivity index (χ1) is 11.7. The molecule has 5 nitrogen and oxygen atoms in total. The summed E-state index contributed by atoms with van der Waals surface area (Å²) < 4.78 is 16.9. The zero-order chi connectivity index (χ0) is 16.5. The molecule has 24 heavy (non-hydrogen) atoms. The summed E-state index contributed by atoms with van der Waals surface area (Å²) >= 11 is 6.04. The highest BCUT2D eigenvalue weighted by Gasteiger charge is 2.34. The van der Waals surface area contributed by atoms with E-state index in [1.54, 1.807) is 6.07 Å². The van der Waals surface area contributed by atoms with Crippen molar-refractivity contribution in [2.24, 2.45) is 5.92 Å². The van der Waals surface area contributed by atoms with Crippen LogP contribution in [0.3, 0.4) is 0 Å². The Bertz CT molecular complexity index is 669. The first-order valence-electron chi connectivity index (χ1n) is 8.36. The van der Waals surface area contributed by atoms with Crippen molar-refractivity contribution in [3.05, 3.63) is 34.4 Å². The Morgan fingerprint density at radius 2 is 2.08 bits per heavy atom. The summed E-state index contributed by atoms with van der Waals surface area (Å²) in [5, 5.41) is 0.635. The minimum Gasteiger partial charge on any atom is -0.488 e. The number of piperidine rings is 1. The van der Waals surface area contributed by atoms with Gasteiger partial charge in [-0.15, -0.1) is 0 Å². The molecule has 2 fully saturated rings. The monoisotopic (exact) mass is 349 g/mol. The average Bonchev–Trinajstić information content (AvgIpc) is 3.15. The Morgan fingerprint density at radius 3 is 2.92 bits per heavy atom. The van der Waals surface area contributed by atoms with Crippen molar-refractivity contribution in [1.29, 1.82) is 0 Å². The number of hydrogen-bond donors (Lipinski definition) is 0. The Hall–Kier alpha value is -1.56. The van der Waals surface area contributed by atoms with Crippen molar-refractivity contribution in [2.75, 3.05) is 32.9 Å². The lowest BCUT2D eigenvalue weighted by Crippen LogP contribution is -2.45. The molecule has 4 rings (SSSR count). The number of likely N-dealkylation sites (tertiary alicyclic amines) is 1. The van der Waals surface area contributed by atoms with Crippen LogP contribution >= 0.6 is 11.6 Å². The van der Waals surface area contributed by atoms with Gasteiger partial charge in [-0.05, 0) is 37.1 Å². The van der Waals surface area contributed by atoms with E-state index in [1.165, 1.54) is 0 Å². The second-order valence-corrected chi connectivity index (χ2v) is 6.84. The Kier molecular flexibility index (Phi) is 4.48. The van der Waals surface area contributed by atoms with Gasteiger partial charge in [-0.1, -0.05) is 11.6 Å². The Labute approximate surface area is 146 Å². The molecule has 0 saturated carbocycles. The van der Waals surface area contributed by atoms with E-state index in [1.807, 2.05) is 23.1 Å². The lowest BCUT2D eigenvalue weighted by atomic mass is 9.96. The van der Waals surface area contributed by atoms with Gasteiger partial charge in [-0.2, -0.15) is 0 Å². The summed E-state index contributed by atoms with van der Waals surface area (Å²) in [4.78, 5) is 14.8. The molecule has 128 valence electrons. The minimum atomic E-state index is -0.170. The van der Waals surface area contributed by atoms with Crippen molar-refractivity contribution in [3.63, 3.8) is 0 Å². The number of hydrogen-bond acceptors (Lipinski definition) is 4. The highest BCUT2D eigenvalue weighted by atomic mass is 35.5. The molecule has 1 amide bonds. The van der Waals surface area contributed by atoms with E-state index in [2.05, 4.69) is 0 Å². The van der Waals surface area contributed by atoms with Crippen LogP contribution in [0.4, 0.5) is 0 Å². The van der Waals surface area contributed by atoms with Gasteiger partial charge in [0.25, 0.3) is 5.91 Å². The molecular weight excluding hydrogens is 330 g/mol. The molecule has 1 atom stereocenters. The van der Waals surface area contributed by atoms with Crippen molar-refractivity contribution in [3.8, 4) is 5.75 Å². The highest BCUT2D eigenvalue weighted by Crippen LogP contribution is 2.31. The lowest BCUT2D eigenvalue weighted by Gasteiger charge is -2.35. The van der Waals surface area contributed by atoms with Crippen molar-refractivity contribution >= 4 is 23.6 Å². The largest absolute Gasteiger partial charge is 0.488 e. The zero-order valence-corrected chi connectivity index (χ0v) is 14.1. The maximum atomic E-state index is 12.9. The normalized spacial score (nSPS) is 24.3. The number of carbonyl (C=O) groups is 1. The molecule has 3 aliphatic heterocycles. The molecule has 1 unspecified atom stereocenters. The summed E-state index contributed by atoms with van der Waals surface area (Å²) in [6, 6.07) is 5.45. The van der Waals surface area contributed by atoms with Crippen molar-refractivity contribution in [1.82, 2.24) is 4.90 Å². The number of nitrogens with zero attached hydrogens (tertiary/aromatic N) is 1. The van der Waals surface area contributed by atoms with Gasteiger partial charge in [-0.3, -0.25) is 4.79 Å². The van der Waals surface area contributed by atoms with Crippen LogP contribution in [0.5, 0.6) is 5.75 Å². The summed E-state index contributed by atoms with van der Waals surface area (Å²) in [5.41, 5.74) is 1.52. The molecule has 3 heterocycles. The topological polar surface area (TPSA) is 48.0 Å². The number of carbonyl (C=O) groups excluding carboxylic acids is 1. The van der Waals surface area contributed by atoms with E-state index >= 15 is 0 Å². The molecule has 0 N–H and O–H groups in total. The molecule has 0 radical (unpaired) electrons. The lowest BCUT2D eigenvalue weighted by molar-refractivity contribution is -0.135. The quantitative estimate of drug-likeness (QED) is 0.823. The summed E-state index contributed by atoms with van der Waals surface area (Å²) in [6.07, 6.45) is 3.72.